The second-order valence-corrected chi connectivity index (χ2v) is 6.27. The Bertz CT molecular complexity index is 787. The number of carboxylic acids is 1. The number of aryl methyl sites for hydroxylation is 1. The number of carboxylic acid groups (broad SMARTS) is 1. The van der Waals surface area contributed by atoms with Gasteiger partial charge in [0.2, 0.25) is 0 Å². The number of nitrogens with zero attached hydrogens (tertiary/aromatic N) is 2. The lowest BCUT2D eigenvalue weighted by molar-refractivity contribution is -0.139. The molecule has 1 aliphatic heterocycles. The molecule has 0 saturated heterocycles. The molecule has 0 fully saturated rings. The molecule has 1 aromatic carbocycles. The molecule has 2 heterocycles. The van der Waals surface area contributed by atoms with E-state index in [0.29, 0.717) is 10.2 Å². The van der Waals surface area contributed by atoms with Gasteiger partial charge >= 0.3 is 5.97 Å². The van der Waals surface area contributed by atoms with Gasteiger partial charge in [-0.2, -0.15) is 0 Å². The van der Waals surface area contributed by atoms with Gasteiger partial charge in [-0.3, -0.25) is 4.79 Å². The highest BCUT2D eigenvalue weighted by atomic mass is 79.9. The third-order valence-electron chi connectivity index (χ3n) is 3.85. The predicted molar refractivity (Wildman–Crippen MR) is 86.9 cm³/mol. The van der Waals surface area contributed by atoms with Crippen molar-refractivity contribution in [1.82, 2.24) is 14.9 Å². The molecule has 3 rings (SSSR count). The maximum Gasteiger partial charge on any atom is 0.332 e. The van der Waals surface area contributed by atoms with Crippen LogP contribution in [0.3, 0.4) is 0 Å². The number of amides is 1. The number of hydrogen-bond acceptors (Lipinski definition) is 4. The minimum atomic E-state index is -1.20. The Morgan fingerprint density at radius 1 is 1.43 bits per heavy atom. The van der Waals surface area contributed by atoms with E-state index in [1.807, 2.05) is 4.57 Å². The quantitative estimate of drug-likeness (QED) is 0.701. The highest BCUT2D eigenvalue weighted by Gasteiger charge is 2.30. The van der Waals surface area contributed by atoms with Gasteiger partial charge in [-0.05, 0) is 31.0 Å². The van der Waals surface area contributed by atoms with Crippen LogP contribution in [0.15, 0.2) is 29.0 Å². The number of aliphatic carboxylic acids is 1. The monoisotopic (exact) mass is 378 g/mol. The molecule has 0 saturated carbocycles. The van der Waals surface area contributed by atoms with Crippen LogP contribution in [0.4, 0.5) is 5.69 Å². The first kappa shape index (κ1) is 15.5. The second kappa shape index (κ2) is 6.04. The van der Waals surface area contributed by atoms with E-state index in [2.05, 4.69) is 26.2 Å². The summed E-state index contributed by atoms with van der Waals surface area (Å²) in [7, 11) is 0. The van der Waals surface area contributed by atoms with Crippen LogP contribution in [-0.2, 0) is 17.8 Å². The van der Waals surface area contributed by atoms with Crippen molar-refractivity contribution in [2.24, 2.45) is 0 Å². The van der Waals surface area contributed by atoms with E-state index in [0.717, 1.165) is 25.1 Å². The Morgan fingerprint density at radius 3 is 2.96 bits per heavy atom. The maximum absolute atomic E-state index is 12.4. The van der Waals surface area contributed by atoms with Gasteiger partial charge in [0.25, 0.3) is 5.91 Å². The number of aromatic nitrogens is 2. The van der Waals surface area contributed by atoms with E-state index >= 15 is 0 Å². The molecule has 1 atom stereocenters. The highest BCUT2D eigenvalue weighted by Crippen LogP contribution is 2.25. The zero-order chi connectivity index (χ0) is 16.6. The molecule has 23 heavy (non-hydrogen) atoms. The van der Waals surface area contributed by atoms with Gasteiger partial charge in [0.05, 0.1) is 17.6 Å². The molecule has 0 spiro atoms. The number of nitrogens with one attached hydrogen (secondary N) is 1. The van der Waals surface area contributed by atoms with Crippen molar-refractivity contribution in [1.29, 1.82) is 0 Å². The van der Waals surface area contributed by atoms with Gasteiger partial charge in [-0.25, -0.2) is 9.78 Å². The summed E-state index contributed by atoms with van der Waals surface area (Å²) in [4.78, 5) is 28.2. The number of benzene rings is 1. The number of nitrogens with two attached hydrogens (primary N) is 1. The summed E-state index contributed by atoms with van der Waals surface area (Å²) in [5.41, 5.74) is 7.56. The first-order valence-corrected chi connectivity index (χ1v) is 7.89. The molecule has 4 N–H and O–H groups in total. The molecule has 0 aliphatic carbocycles. The Labute approximate surface area is 140 Å². The van der Waals surface area contributed by atoms with Crippen molar-refractivity contribution in [2.75, 3.05) is 5.73 Å². The van der Waals surface area contributed by atoms with E-state index in [9.17, 15) is 14.7 Å². The summed E-state index contributed by atoms with van der Waals surface area (Å²) in [6.07, 6.45) is 3.32. The van der Waals surface area contributed by atoms with E-state index in [1.165, 1.54) is 0 Å². The first-order chi connectivity index (χ1) is 11.0. The van der Waals surface area contributed by atoms with Crippen LogP contribution in [0.1, 0.15) is 34.2 Å². The fourth-order valence-corrected chi connectivity index (χ4v) is 3.09. The zero-order valence-electron chi connectivity index (χ0n) is 12.1. The predicted octanol–water partition coefficient (Wildman–Crippen LogP) is 1.73. The van der Waals surface area contributed by atoms with Gasteiger partial charge in [0.1, 0.15) is 0 Å². The minimum Gasteiger partial charge on any atom is -0.479 e. The lowest BCUT2D eigenvalue weighted by Gasteiger charge is -2.15. The van der Waals surface area contributed by atoms with Crippen LogP contribution in [-0.4, -0.2) is 26.5 Å². The molecule has 1 amide bonds. The molecular weight excluding hydrogens is 364 g/mol. The lowest BCUT2D eigenvalue weighted by atomic mass is 10.1. The molecule has 120 valence electrons. The molecule has 1 aliphatic rings. The topological polar surface area (TPSA) is 110 Å². The first-order valence-electron chi connectivity index (χ1n) is 7.10. The van der Waals surface area contributed by atoms with Crippen LogP contribution in [0, 0.1) is 0 Å². The molecule has 0 bridgehead atoms. The largest absolute Gasteiger partial charge is 0.479 e. The Kier molecular flexibility index (Phi) is 4.08. The van der Waals surface area contributed by atoms with E-state index in [1.54, 1.807) is 24.5 Å². The Morgan fingerprint density at radius 2 is 2.22 bits per heavy atom. The summed E-state index contributed by atoms with van der Waals surface area (Å²) >= 11 is 3.27. The standard InChI is InChI=1S/C15H15BrN4O3/c16-8-3-4-10(17)9(6-8)14(21)19-13(15(22)23)12-11-2-1-5-20(11)7-18-12/h3-4,6-7,13H,1-2,5,17H2,(H,19,21)(H,22,23). The Balaban J connectivity index is 1.89. The molecule has 7 nitrogen and oxygen atoms in total. The van der Waals surface area contributed by atoms with Crippen LogP contribution in [0.2, 0.25) is 0 Å². The van der Waals surface area contributed by atoms with Crippen molar-refractivity contribution >= 4 is 33.5 Å². The second-order valence-electron chi connectivity index (χ2n) is 5.35. The van der Waals surface area contributed by atoms with E-state index in [4.69, 9.17) is 5.73 Å². The summed E-state index contributed by atoms with van der Waals surface area (Å²) in [5.74, 6) is -1.70. The fourth-order valence-electron chi connectivity index (χ4n) is 2.73. The Hall–Kier alpha value is -2.35. The van der Waals surface area contributed by atoms with Gasteiger partial charge in [0.15, 0.2) is 6.04 Å². The summed E-state index contributed by atoms with van der Waals surface area (Å²) in [6.45, 7) is 0.821. The smallest absolute Gasteiger partial charge is 0.332 e. The average molecular weight is 379 g/mol. The van der Waals surface area contributed by atoms with Crippen LogP contribution in [0.25, 0.3) is 0 Å². The fraction of sp³-hybridized carbons (Fsp3) is 0.267. The molecular formula is C15H15BrN4O3. The third-order valence-corrected chi connectivity index (χ3v) is 4.34. The van der Waals surface area contributed by atoms with Gasteiger partial charge in [-0.15, -0.1) is 0 Å². The molecule has 8 heteroatoms. The number of rotatable bonds is 4. The molecule has 1 unspecified atom stereocenters. The SMILES string of the molecule is Nc1ccc(Br)cc1C(=O)NC(C(=O)O)c1ncn2c1CCC2. The molecule has 1 aromatic heterocycles. The summed E-state index contributed by atoms with van der Waals surface area (Å²) in [6, 6.07) is 3.66. The van der Waals surface area contributed by atoms with E-state index < -0.39 is 17.9 Å². The van der Waals surface area contributed by atoms with Gasteiger partial charge in [-0.1, -0.05) is 15.9 Å². The zero-order valence-corrected chi connectivity index (χ0v) is 13.7. The average Bonchev–Trinajstić information content (AvgIpc) is 3.10. The van der Waals surface area contributed by atoms with Crippen molar-refractivity contribution in [3.8, 4) is 0 Å². The normalized spacial score (nSPS) is 14.3. The van der Waals surface area contributed by atoms with Crippen LogP contribution >= 0.6 is 15.9 Å². The number of fused-ring (bicyclic) bond motifs is 1. The number of anilines is 1. The van der Waals surface area contributed by atoms with Crippen LogP contribution < -0.4 is 11.1 Å². The van der Waals surface area contributed by atoms with E-state index in [-0.39, 0.29) is 11.3 Å². The molecule has 2 aromatic rings. The number of imidazole rings is 1. The van der Waals surface area contributed by atoms with Crippen molar-refractivity contribution in [2.45, 2.75) is 25.4 Å². The number of hydrogen-bond donors (Lipinski definition) is 3. The van der Waals surface area contributed by atoms with Crippen molar-refractivity contribution < 1.29 is 14.7 Å². The number of halogens is 1. The summed E-state index contributed by atoms with van der Waals surface area (Å²) in [5, 5.41) is 12.0. The van der Waals surface area contributed by atoms with Gasteiger partial charge in [0, 0.05) is 22.4 Å². The van der Waals surface area contributed by atoms with Crippen LogP contribution in [0.5, 0.6) is 0 Å². The van der Waals surface area contributed by atoms with Gasteiger partial charge < -0.3 is 20.7 Å². The third kappa shape index (κ3) is 2.94. The molecule has 0 radical (unpaired) electrons. The maximum atomic E-state index is 12.4. The summed E-state index contributed by atoms with van der Waals surface area (Å²) < 4.78 is 2.61. The highest BCUT2D eigenvalue weighted by molar-refractivity contribution is 9.10. The minimum absolute atomic E-state index is 0.224. The number of carbonyl (C=O) groups is 2. The number of carbonyl (C=O) groups excluding carboxylic acids is 1. The van der Waals surface area contributed by atoms with Crippen molar-refractivity contribution in [3.63, 3.8) is 0 Å². The lowest BCUT2D eigenvalue weighted by Crippen LogP contribution is -2.35. The van der Waals surface area contributed by atoms with Crippen molar-refractivity contribution in [3.05, 3.63) is 46.0 Å². The number of nitrogen functional groups attached to an aromatic ring is 1.